The van der Waals surface area contributed by atoms with Gasteiger partial charge >= 0.3 is 0 Å². The summed E-state index contributed by atoms with van der Waals surface area (Å²) in [6.45, 7) is 0.129. The first kappa shape index (κ1) is 19.2. The van der Waals surface area contributed by atoms with E-state index >= 15 is 0 Å². The lowest BCUT2D eigenvalue weighted by atomic mass is 10.2. The molecular formula is C18H13FN4O4S2. The van der Waals surface area contributed by atoms with Gasteiger partial charge in [0, 0.05) is 11.3 Å². The molecule has 0 spiro atoms. The number of nitrogens with one attached hydrogen (secondary N) is 2. The topological polar surface area (TPSA) is 102 Å². The first-order chi connectivity index (χ1) is 14.1. The molecule has 0 aliphatic carbocycles. The number of benzene rings is 2. The van der Waals surface area contributed by atoms with E-state index in [9.17, 15) is 14.0 Å². The van der Waals surface area contributed by atoms with Gasteiger partial charge in [0.05, 0.1) is 5.75 Å². The molecule has 29 heavy (non-hydrogen) atoms. The van der Waals surface area contributed by atoms with Crippen molar-refractivity contribution in [1.29, 1.82) is 0 Å². The number of nitrogens with zero attached hydrogens (tertiary/aromatic N) is 2. The number of anilines is 2. The van der Waals surface area contributed by atoms with Gasteiger partial charge in [-0.3, -0.25) is 14.9 Å². The third kappa shape index (κ3) is 4.81. The van der Waals surface area contributed by atoms with Crippen molar-refractivity contribution in [3.63, 3.8) is 0 Å². The number of carbonyl (C=O) groups is 2. The first-order valence-electron chi connectivity index (χ1n) is 8.29. The van der Waals surface area contributed by atoms with E-state index in [-0.39, 0.29) is 24.4 Å². The molecule has 0 unspecified atom stereocenters. The third-order valence-corrected chi connectivity index (χ3v) is 5.67. The van der Waals surface area contributed by atoms with Gasteiger partial charge in [0.1, 0.15) is 5.82 Å². The molecule has 1 aliphatic heterocycles. The molecule has 3 aromatic rings. The maximum atomic E-state index is 13.1. The number of thioether (sulfide) groups is 1. The van der Waals surface area contributed by atoms with Crippen molar-refractivity contribution in [2.45, 2.75) is 4.34 Å². The molecule has 0 fully saturated rings. The molecule has 1 aliphatic rings. The number of carbonyl (C=O) groups excluding carboxylic acids is 2. The van der Waals surface area contributed by atoms with Crippen molar-refractivity contribution in [1.82, 2.24) is 10.2 Å². The minimum Gasteiger partial charge on any atom is -0.454 e. The molecule has 2 aromatic carbocycles. The minimum atomic E-state index is -0.428. The van der Waals surface area contributed by atoms with E-state index in [0.29, 0.717) is 32.2 Å². The van der Waals surface area contributed by atoms with Crippen molar-refractivity contribution in [2.24, 2.45) is 0 Å². The van der Waals surface area contributed by atoms with E-state index in [4.69, 9.17) is 9.47 Å². The van der Waals surface area contributed by atoms with E-state index in [1.165, 1.54) is 18.2 Å². The SMILES string of the molecule is O=C(CSc1nnc(NC(=O)c2ccc3c(c2)OCO3)s1)Nc1cccc(F)c1. The van der Waals surface area contributed by atoms with E-state index in [2.05, 4.69) is 20.8 Å². The standard InChI is InChI=1S/C18H13FN4O4S2/c19-11-2-1-3-12(7-11)20-15(24)8-28-18-23-22-17(29-18)21-16(25)10-4-5-13-14(6-10)27-9-26-13/h1-7H,8-9H2,(H,20,24)(H,21,22,25). The lowest BCUT2D eigenvalue weighted by Crippen LogP contribution is -2.13. The van der Waals surface area contributed by atoms with E-state index in [1.807, 2.05) is 0 Å². The Balaban J connectivity index is 1.30. The summed E-state index contributed by atoms with van der Waals surface area (Å²) in [6.07, 6.45) is 0. The Morgan fingerprint density at radius 3 is 2.83 bits per heavy atom. The number of aromatic nitrogens is 2. The summed E-state index contributed by atoms with van der Waals surface area (Å²) in [5.74, 6) is 0.0773. The molecular weight excluding hydrogens is 419 g/mol. The number of fused-ring (bicyclic) bond motifs is 1. The lowest BCUT2D eigenvalue weighted by molar-refractivity contribution is -0.113. The van der Waals surface area contributed by atoms with Crippen LogP contribution in [0.15, 0.2) is 46.8 Å². The quantitative estimate of drug-likeness (QED) is 0.455. The van der Waals surface area contributed by atoms with Gasteiger partial charge in [-0.05, 0) is 36.4 Å². The summed E-state index contributed by atoms with van der Waals surface area (Å²) < 4.78 is 24.1. The summed E-state index contributed by atoms with van der Waals surface area (Å²) in [7, 11) is 0. The van der Waals surface area contributed by atoms with Crippen LogP contribution in [0.25, 0.3) is 0 Å². The van der Waals surface area contributed by atoms with Crippen LogP contribution in [0, 0.1) is 5.82 Å². The summed E-state index contributed by atoms with van der Waals surface area (Å²) in [5.41, 5.74) is 0.776. The highest BCUT2D eigenvalue weighted by Crippen LogP contribution is 2.33. The fourth-order valence-corrected chi connectivity index (χ4v) is 3.96. The molecule has 0 saturated carbocycles. The predicted molar refractivity (Wildman–Crippen MR) is 106 cm³/mol. The van der Waals surface area contributed by atoms with Crippen molar-refractivity contribution < 1.29 is 23.5 Å². The molecule has 8 nitrogen and oxygen atoms in total. The van der Waals surface area contributed by atoms with Crippen LogP contribution in [0.5, 0.6) is 11.5 Å². The summed E-state index contributed by atoms with van der Waals surface area (Å²) >= 11 is 2.31. The average Bonchev–Trinajstić information content (AvgIpc) is 3.35. The smallest absolute Gasteiger partial charge is 0.257 e. The normalized spacial score (nSPS) is 11.9. The van der Waals surface area contributed by atoms with Gasteiger partial charge in [-0.1, -0.05) is 29.2 Å². The largest absolute Gasteiger partial charge is 0.454 e. The van der Waals surface area contributed by atoms with Crippen LogP contribution >= 0.6 is 23.1 Å². The number of hydrogen-bond acceptors (Lipinski definition) is 8. The maximum Gasteiger partial charge on any atom is 0.257 e. The molecule has 11 heteroatoms. The Labute approximate surface area is 172 Å². The molecule has 0 saturated heterocycles. The zero-order valence-electron chi connectivity index (χ0n) is 14.7. The van der Waals surface area contributed by atoms with Crippen molar-refractivity contribution >= 4 is 45.7 Å². The van der Waals surface area contributed by atoms with Gasteiger partial charge in [-0.15, -0.1) is 10.2 Å². The van der Waals surface area contributed by atoms with E-state index < -0.39 is 5.82 Å². The lowest BCUT2D eigenvalue weighted by Gasteiger charge is -2.03. The van der Waals surface area contributed by atoms with Crippen LogP contribution < -0.4 is 20.1 Å². The Hall–Kier alpha value is -3.18. The van der Waals surface area contributed by atoms with Crippen LogP contribution in [0.3, 0.4) is 0 Å². The molecule has 148 valence electrons. The van der Waals surface area contributed by atoms with Crippen LogP contribution in [-0.4, -0.2) is 34.6 Å². The molecule has 0 atom stereocenters. The monoisotopic (exact) mass is 432 g/mol. The fourth-order valence-electron chi connectivity index (χ4n) is 2.42. The van der Waals surface area contributed by atoms with E-state index in [1.54, 1.807) is 24.3 Å². The van der Waals surface area contributed by atoms with Gasteiger partial charge in [0.15, 0.2) is 15.8 Å². The zero-order chi connectivity index (χ0) is 20.2. The van der Waals surface area contributed by atoms with Gasteiger partial charge < -0.3 is 14.8 Å². The van der Waals surface area contributed by atoms with Crippen LogP contribution in [0.2, 0.25) is 0 Å². The van der Waals surface area contributed by atoms with Crippen LogP contribution in [-0.2, 0) is 4.79 Å². The number of hydrogen-bond donors (Lipinski definition) is 2. The molecule has 2 amide bonds. The third-order valence-electron chi connectivity index (χ3n) is 3.70. The second-order valence-electron chi connectivity index (χ2n) is 5.74. The molecule has 1 aromatic heterocycles. The second kappa shape index (κ2) is 8.45. The first-order valence-corrected chi connectivity index (χ1v) is 10.1. The maximum absolute atomic E-state index is 13.1. The number of halogens is 1. The molecule has 4 rings (SSSR count). The Morgan fingerprint density at radius 2 is 1.97 bits per heavy atom. The van der Waals surface area contributed by atoms with Gasteiger partial charge in [-0.25, -0.2) is 4.39 Å². The Morgan fingerprint density at radius 1 is 1.10 bits per heavy atom. The zero-order valence-corrected chi connectivity index (χ0v) is 16.3. The second-order valence-corrected chi connectivity index (χ2v) is 7.94. The summed E-state index contributed by atoms with van der Waals surface area (Å²) in [6, 6.07) is 10.5. The summed E-state index contributed by atoms with van der Waals surface area (Å²) in [5, 5.41) is 13.4. The Kier molecular flexibility index (Phi) is 5.58. The minimum absolute atomic E-state index is 0.0707. The van der Waals surface area contributed by atoms with Crippen LogP contribution in [0.4, 0.5) is 15.2 Å². The Bertz CT molecular complexity index is 1080. The van der Waals surface area contributed by atoms with Crippen molar-refractivity contribution in [3.8, 4) is 11.5 Å². The van der Waals surface area contributed by atoms with Gasteiger partial charge in [0.25, 0.3) is 5.91 Å². The number of rotatable bonds is 6. The predicted octanol–water partition coefficient (Wildman–Crippen LogP) is 3.39. The highest BCUT2D eigenvalue weighted by atomic mass is 32.2. The van der Waals surface area contributed by atoms with Crippen molar-refractivity contribution in [2.75, 3.05) is 23.2 Å². The van der Waals surface area contributed by atoms with Gasteiger partial charge in [-0.2, -0.15) is 0 Å². The molecule has 0 bridgehead atoms. The highest BCUT2D eigenvalue weighted by Gasteiger charge is 2.17. The molecule has 2 heterocycles. The fraction of sp³-hybridized carbons (Fsp3) is 0.111. The molecule has 2 N–H and O–H groups in total. The van der Waals surface area contributed by atoms with Gasteiger partial charge in [0.2, 0.25) is 17.8 Å². The van der Waals surface area contributed by atoms with E-state index in [0.717, 1.165) is 23.1 Å². The average molecular weight is 432 g/mol. The highest BCUT2D eigenvalue weighted by molar-refractivity contribution is 8.01. The molecule has 0 radical (unpaired) electrons. The summed E-state index contributed by atoms with van der Waals surface area (Å²) in [4.78, 5) is 24.3. The number of amides is 2. The van der Waals surface area contributed by atoms with Crippen LogP contribution in [0.1, 0.15) is 10.4 Å². The van der Waals surface area contributed by atoms with Crippen molar-refractivity contribution in [3.05, 3.63) is 53.8 Å². The number of ether oxygens (including phenoxy) is 2.